The molecule has 1 aromatic heterocycles. The highest BCUT2D eigenvalue weighted by molar-refractivity contribution is 5.68. The highest BCUT2D eigenvalue weighted by Gasteiger charge is 2.22. The number of nitrogens with zero attached hydrogens (tertiary/aromatic N) is 3. The fraction of sp³-hybridized carbons (Fsp3) is 0.455. The summed E-state index contributed by atoms with van der Waals surface area (Å²) in [5.74, 6) is -0.715. The van der Waals surface area contributed by atoms with Crippen molar-refractivity contribution in [3.63, 3.8) is 0 Å². The first-order valence-corrected chi connectivity index (χ1v) is 5.54. The normalized spacial score (nSPS) is 10.1. The van der Waals surface area contributed by atoms with Crippen LogP contribution >= 0.6 is 0 Å². The van der Waals surface area contributed by atoms with Gasteiger partial charge in [0.2, 0.25) is 5.82 Å². The first kappa shape index (κ1) is 13.9. The fourth-order valence-electron chi connectivity index (χ4n) is 1.64. The van der Waals surface area contributed by atoms with Gasteiger partial charge in [-0.05, 0) is 19.9 Å². The molecule has 0 aliphatic carbocycles. The Bertz CT molecular complexity index is 462. The predicted octanol–water partition coefficient (Wildman–Crippen LogP) is 1.60. The van der Waals surface area contributed by atoms with Gasteiger partial charge in [0.25, 0.3) is 0 Å². The molecule has 0 bridgehead atoms. The Morgan fingerprint density at radius 2 is 2.28 bits per heavy atom. The minimum Gasteiger partial charge on any atom is -0.481 e. The second-order valence-corrected chi connectivity index (χ2v) is 3.78. The van der Waals surface area contributed by atoms with Crippen LogP contribution in [0.25, 0.3) is 0 Å². The molecule has 1 rings (SSSR count). The standard InChI is InChI=1S/C11H15N3O4/c1-3-13(7-5-9(15)16)11-10(14(17)18)8(2)4-6-12-11/h4,6H,3,5,7H2,1-2H3,(H,15,16). The van der Waals surface area contributed by atoms with Gasteiger partial charge >= 0.3 is 11.7 Å². The van der Waals surface area contributed by atoms with Crippen molar-refractivity contribution in [3.8, 4) is 0 Å². The third kappa shape index (κ3) is 3.16. The van der Waals surface area contributed by atoms with E-state index >= 15 is 0 Å². The number of hydrogen-bond acceptors (Lipinski definition) is 5. The molecule has 7 heteroatoms. The highest BCUT2D eigenvalue weighted by Crippen LogP contribution is 2.28. The number of carboxylic acid groups (broad SMARTS) is 1. The lowest BCUT2D eigenvalue weighted by Gasteiger charge is -2.21. The van der Waals surface area contributed by atoms with Crippen LogP contribution in [0.5, 0.6) is 0 Å². The minimum absolute atomic E-state index is 0.0651. The van der Waals surface area contributed by atoms with Crippen molar-refractivity contribution in [2.75, 3.05) is 18.0 Å². The third-order valence-corrected chi connectivity index (χ3v) is 2.57. The van der Waals surface area contributed by atoms with Gasteiger partial charge in [0.15, 0.2) is 0 Å². The number of nitro groups is 1. The van der Waals surface area contributed by atoms with Crippen molar-refractivity contribution in [3.05, 3.63) is 27.9 Å². The molecule has 0 fully saturated rings. The van der Waals surface area contributed by atoms with E-state index in [1.807, 2.05) is 0 Å². The molecule has 0 radical (unpaired) electrons. The van der Waals surface area contributed by atoms with E-state index in [1.54, 1.807) is 24.8 Å². The number of anilines is 1. The Kier molecular flexibility index (Phi) is 4.59. The van der Waals surface area contributed by atoms with Crippen molar-refractivity contribution < 1.29 is 14.8 Å². The van der Waals surface area contributed by atoms with Crippen LogP contribution in [-0.4, -0.2) is 34.1 Å². The minimum atomic E-state index is -0.941. The summed E-state index contributed by atoms with van der Waals surface area (Å²) in [7, 11) is 0. The summed E-state index contributed by atoms with van der Waals surface area (Å²) >= 11 is 0. The highest BCUT2D eigenvalue weighted by atomic mass is 16.6. The summed E-state index contributed by atoms with van der Waals surface area (Å²) < 4.78 is 0. The molecule has 0 amide bonds. The van der Waals surface area contributed by atoms with Crippen LogP contribution in [0, 0.1) is 17.0 Å². The molecule has 0 unspecified atom stereocenters. The summed E-state index contributed by atoms with van der Waals surface area (Å²) in [6.07, 6.45) is 1.40. The van der Waals surface area contributed by atoms with Gasteiger partial charge in [-0.1, -0.05) is 0 Å². The van der Waals surface area contributed by atoms with Crippen LogP contribution in [-0.2, 0) is 4.79 Å². The van der Waals surface area contributed by atoms with E-state index in [0.717, 1.165) is 0 Å². The average Bonchev–Trinajstić information content (AvgIpc) is 2.29. The topological polar surface area (TPSA) is 96.6 Å². The van der Waals surface area contributed by atoms with Crippen LogP contribution < -0.4 is 4.90 Å². The van der Waals surface area contributed by atoms with Crippen LogP contribution in [0.15, 0.2) is 12.3 Å². The number of aliphatic carboxylic acids is 1. The van der Waals surface area contributed by atoms with Crippen LogP contribution in [0.1, 0.15) is 18.9 Å². The lowest BCUT2D eigenvalue weighted by molar-refractivity contribution is -0.384. The monoisotopic (exact) mass is 253 g/mol. The molecule has 0 aromatic carbocycles. The average molecular weight is 253 g/mol. The lowest BCUT2D eigenvalue weighted by atomic mass is 10.2. The fourth-order valence-corrected chi connectivity index (χ4v) is 1.64. The smallest absolute Gasteiger partial charge is 0.314 e. The maximum Gasteiger partial charge on any atom is 0.314 e. The van der Waals surface area contributed by atoms with Gasteiger partial charge in [0.05, 0.1) is 11.3 Å². The van der Waals surface area contributed by atoms with E-state index in [1.165, 1.54) is 6.20 Å². The molecule has 1 N–H and O–H groups in total. The number of pyridine rings is 1. The Morgan fingerprint density at radius 1 is 1.61 bits per heavy atom. The van der Waals surface area contributed by atoms with E-state index in [4.69, 9.17) is 5.11 Å². The van der Waals surface area contributed by atoms with Gasteiger partial charge in [-0.15, -0.1) is 0 Å². The summed E-state index contributed by atoms with van der Waals surface area (Å²) in [5, 5.41) is 19.7. The van der Waals surface area contributed by atoms with Crippen molar-refractivity contribution in [1.82, 2.24) is 4.98 Å². The molecular weight excluding hydrogens is 238 g/mol. The molecule has 0 saturated heterocycles. The molecule has 0 atom stereocenters. The van der Waals surface area contributed by atoms with Crippen molar-refractivity contribution in [2.45, 2.75) is 20.3 Å². The first-order chi connectivity index (χ1) is 8.47. The van der Waals surface area contributed by atoms with Gasteiger partial charge in [-0.3, -0.25) is 14.9 Å². The van der Waals surface area contributed by atoms with E-state index in [0.29, 0.717) is 12.1 Å². The maximum absolute atomic E-state index is 11.0. The van der Waals surface area contributed by atoms with Crippen LogP contribution in [0.4, 0.5) is 11.5 Å². The van der Waals surface area contributed by atoms with Gasteiger partial charge in [-0.2, -0.15) is 0 Å². The van der Waals surface area contributed by atoms with E-state index in [2.05, 4.69) is 4.98 Å². The largest absolute Gasteiger partial charge is 0.481 e. The summed E-state index contributed by atoms with van der Waals surface area (Å²) in [5.41, 5.74) is 0.448. The summed E-state index contributed by atoms with van der Waals surface area (Å²) in [4.78, 5) is 26.7. The zero-order valence-electron chi connectivity index (χ0n) is 10.3. The number of carboxylic acids is 1. The van der Waals surface area contributed by atoms with Gasteiger partial charge in [0.1, 0.15) is 0 Å². The van der Waals surface area contributed by atoms with E-state index in [-0.39, 0.29) is 24.5 Å². The summed E-state index contributed by atoms with van der Waals surface area (Å²) in [6, 6.07) is 1.56. The Balaban J connectivity index is 3.08. The molecule has 0 spiro atoms. The van der Waals surface area contributed by atoms with Crippen molar-refractivity contribution in [1.29, 1.82) is 0 Å². The zero-order chi connectivity index (χ0) is 13.7. The second kappa shape index (κ2) is 5.95. The Hall–Kier alpha value is -2.18. The van der Waals surface area contributed by atoms with Gasteiger partial charge in [0, 0.05) is 24.8 Å². The van der Waals surface area contributed by atoms with Crippen LogP contribution in [0.3, 0.4) is 0 Å². The first-order valence-electron chi connectivity index (χ1n) is 5.54. The number of hydrogen-bond donors (Lipinski definition) is 1. The number of aryl methyl sites for hydroxylation is 1. The number of carbonyl (C=O) groups is 1. The SMILES string of the molecule is CCN(CCC(=O)O)c1nccc(C)c1[N+](=O)[O-]. The van der Waals surface area contributed by atoms with Crippen molar-refractivity contribution >= 4 is 17.5 Å². The van der Waals surface area contributed by atoms with Gasteiger partial charge < -0.3 is 10.0 Å². The molecule has 18 heavy (non-hydrogen) atoms. The molecule has 0 saturated carbocycles. The van der Waals surface area contributed by atoms with E-state index in [9.17, 15) is 14.9 Å². The Morgan fingerprint density at radius 3 is 2.78 bits per heavy atom. The molecule has 1 heterocycles. The van der Waals surface area contributed by atoms with Crippen LogP contribution in [0.2, 0.25) is 0 Å². The quantitative estimate of drug-likeness (QED) is 0.611. The number of rotatable bonds is 6. The Labute approximate surface area is 104 Å². The second-order valence-electron chi connectivity index (χ2n) is 3.78. The number of aromatic nitrogens is 1. The molecule has 0 aliphatic heterocycles. The molecular formula is C11H15N3O4. The molecule has 1 aromatic rings. The van der Waals surface area contributed by atoms with E-state index < -0.39 is 10.9 Å². The molecule has 0 aliphatic rings. The predicted molar refractivity (Wildman–Crippen MR) is 65.8 cm³/mol. The van der Waals surface area contributed by atoms with Crippen molar-refractivity contribution in [2.24, 2.45) is 0 Å². The summed E-state index contributed by atoms with van der Waals surface area (Å²) in [6.45, 7) is 4.09. The van der Waals surface area contributed by atoms with Gasteiger partial charge in [-0.25, -0.2) is 4.98 Å². The molecule has 7 nitrogen and oxygen atoms in total. The third-order valence-electron chi connectivity index (χ3n) is 2.57. The molecule has 98 valence electrons. The zero-order valence-corrected chi connectivity index (χ0v) is 10.3. The lowest BCUT2D eigenvalue weighted by Crippen LogP contribution is -2.27. The maximum atomic E-state index is 11.0.